The third-order valence-electron chi connectivity index (χ3n) is 3.92. The van der Waals surface area contributed by atoms with Crippen molar-refractivity contribution in [2.24, 2.45) is 0 Å². The fourth-order valence-electron chi connectivity index (χ4n) is 2.46. The number of esters is 1. The van der Waals surface area contributed by atoms with Crippen molar-refractivity contribution in [1.82, 2.24) is 5.32 Å². The maximum Gasteiger partial charge on any atom is 0.316 e. The summed E-state index contributed by atoms with van der Waals surface area (Å²) in [5.41, 5.74) is 2.36. The minimum atomic E-state index is -0.384. The molecule has 1 N–H and O–H groups in total. The Morgan fingerprint density at radius 2 is 1.77 bits per heavy atom. The molecule has 0 radical (unpaired) electrons. The van der Waals surface area contributed by atoms with E-state index in [0.717, 1.165) is 23.3 Å². The highest BCUT2D eigenvalue weighted by atomic mass is 32.2. The molecule has 5 heteroatoms. The molecule has 0 aliphatic carbocycles. The summed E-state index contributed by atoms with van der Waals surface area (Å²) in [7, 11) is 0. The largest absolute Gasteiger partial charge is 0.455 e. The summed E-state index contributed by atoms with van der Waals surface area (Å²) in [6.07, 6.45) is 1.74. The van der Waals surface area contributed by atoms with Crippen LogP contribution in [0.1, 0.15) is 24.5 Å². The number of thioether (sulfide) groups is 1. The lowest BCUT2D eigenvalue weighted by Crippen LogP contribution is -2.36. The second kappa shape index (κ2) is 10.7. The molecule has 2 aromatic rings. The predicted octanol–water partition coefficient (Wildman–Crippen LogP) is 3.77. The first kappa shape index (κ1) is 20.0. The van der Waals surface area contributed by atoms with Crippen molar-refractivity contribution in [2.45, 2.75) is 37.6 Å². The van der Waals surface area contributed by atoms with Crippen LogP contribution in [0.2, 0.25) is 0 Å². The van der Waals surface area contributed by atoms with E-state index < -0.39 is 0 Å². The molecular formula is C21H25NO3S. The molecular weight excluding hydrogens is 346 g/mol. The van der Waals surface area contributed by atoms with Crippen LogP contribution in [0.3, 0.4) is 0 Å². The molecule has 0 aliphatic heterocycles. The zero-order valence-corrected chi connectivity index (χ0v) is 16.1. The van der Waals surface area contributed by atoms with Gasteiger partial charge in [0.25, 0.3) is 5.91 Å². The lowest BCUT2D eigenvalue weighted by atomic mass is 10.1. The van der Waals surface area contributed by atoms with Crippen LogP contribution in [0.4, 0.5) is 0 Å². The van der Waals surface area contributed by atoms with Crippen LogP contribution in [0.25, 0.3) is 0 Å². The first-order valence-electron chi connectivity index (χ1n) is 8.72. The summed E-state index contributed by atoms with van der Waals surface area (Å²) in [4.78, 5) is 24.8. The second-order valence-corrected chi connectivity index (χ2v) is 7.22. The Morgan fingerprint density at radius 1 is 1.08 bits per heavy atom. The van der Waals surface area contributed by atoms with Gasteiger partial charge < -0.3 is 10.1 Å². The van der Waals surface area contributed by atoms with E-state index in [0.29, 0.717) is 0 Å². The smallest absolute Gasteiger partial charge is 0.316 e. The Morgan fingerprint density at radius 3 is 2.50 bits per heavy atom. The first-order valence-corrected chi connectivity index (χ1v) is 9.70. The second-order valence-electron chi connectivity index (χ2n) is 6.21. The van der Waals surface area contributed by atoms with Crippen molar-refractivity contribution in [3.63, 3.8) is 0 Å². The van der Waals surface area contributed by atoms with Gasteiger partial charge in [0.2, 0.25) is 0 Å². The number of carbonyl (C=O) groups excluding carboxylic acids is 2. The van der Waals surface area contributed by atoms with Gasteiger partial charge in [-0.15, -0.1) is 11.8 Å². The van der Waals surface area contributed by atoms with Gasteiger partial charge in [0.15, 0.2) is 6.61 Å². The molecule has 0 saturated carbocycles. The zero-order valence-electron chi connectivity index (χ0n) is 15.2. The fraction of sp³-hybridized carbons (Fsp3) is 0.333. The van der Waals surface area contributed by atoms with Crippen LogP contribution in [0.15, 0.2) is 59.5 Å². The Labute approximate surface area is 159 Å². The van der Waals surface area contributed by atoms with Crippen molar-refractivity contribution >= 4 is 23.6 Å². The molecule has 1 atom stereocenters. The number of aryl methyl sites for hydroxylation is 2. The number of hydrogen-bond acceptors (Lipinski definition) is 4. The predicted molar refractivity (Wildman–Crippen MR) is 105 cm³/mol. The molecule has 0 bridgehead atoms. The van der Waals surface area contributed by atoms with Crippen LogP contribution < -0.4 is 5.32 Å². The Kier molecular flexibility index (Phi) is 8.22. The summed E-state index contributed by atoms with van der Waals surface area (Å²) in [5, 5.41) is 2.87. The highest BCUT2D eigenvalue weighted by Crippen LogP contribution is 2.21. The van der Waals surface area contributed by atoms with Crippen molar-refractivity contribution in [2.75, 3.05) is 12.4 Å². The number of hydrogen-bond donors (Lipinski definition) is 1. The molecule has 0 fully saturated rings. The van der Waals surface area contributed by atoms with E-state index in [4.69, 9.17) is 4.74 Å². The average molecular weight is 372 g/mol. The summed E-state index contributed by atoms with van der Waals surface area (Å²) in [6.45, 7) is 3.72. The van der Waals surface area contributed by atoms with Gasteiger partial charge in [-0.25, -0.2) is 0 Å². The minimum Gasteiger partial charge on any atom is -0.455 e. The molecule has 0 aromatic heterocycles. The highest BCUT2D eigenvalue weighted by Gasteiger charge is 2.11. The van der Waals surface area contributed by atoms with E-state index in [-0.39, 0.29) is 30.3 Å². The van der Waals surface area contributed by atoms with Crippen molar-refractivity contribution in [3.8, 4) is 0 Å². The molecule has 1 amide bonds. The van der Waals surface area contributed by atoms with Crippen LogP contribution >= 0.6 is 11.8 Å². The quantitative estimate of drug-likeness (QED) is 0.538. The fourth-order valence-corrected chi connectivity index (χ4v) is 3.29. The minimum absolute atomic E-state index is 0.0303. The van der Waals surface area contributed by atoms with E-state index in [1.165, 1.54) is 17.3 Å². The zero-order chi connectivity index (χ0) is 18.8. The van der Waals surface area contributed by atoms with Gasteiger partial charge >= 0.3 is 5.97 Å². The summed E-state index contributed by atoms with van der Waals surface area (Å²) in [5.74, 6) is -0.452. The SMILES string of the molecule is Cc1ccccc1SCC(=O)OCC(=O)NC(C)CCc1ccccc1. The lowest BCUT2D eigenvalue weighted by Gasteiger charge is -2.14. The summed E-state index contributed by atoms with van der Waals surface area (Å²) < 4.78 is 5.06. The van der Waals surface area contributed by atoms with Crippen molar-refractivity contribution in [1.29, 1.82) is 0 Å². The number of carbonyl (C=O) groups is 2. The number of benzene rings is 2. The van der Waals surface area contributed by atoms with Crippen LogP contribution in [0, 0.1) is 6.92 Å². The molecule has 0 spiro atoms. The maximum atomic E-state index is 11.9. The standard InChI is InChI=1S/C21H25NO3S/c1-16-8-6-7-11-19(16)26-15-21(24)25-14-20(23)22-17(2)12-13-18-9-4-3-5-10-18/h3-11,17H,12-15H2,1-2H3,(H,22,23). The van der Waals surface area contributed by atoms with Gasteiger partial charge in [0.1, 0.15) is 0 Å². The van der Waals surface area contributed by atoms with Gasteiger partial charge in [-0.05, 0) is 43.9 Å². The topological polar surface area (TPSA) is 55.4 Å². The molecule has 0 aliphatic rings. The lowest BCUT2D eigenvalue weighted by molar-refractivity contribution is -0.146. The van der Waals surface area contributed by atoms with Crippen LogP contribution in [0.5, 0.6) is 0 Å². The molecule has 26 heavy (non-hydrogen) atoms. The third-order valence-corrected chi connectivity index (χ3v) is 5.07. The van der Waals surface area contributed by atoms with Gasteiger partial charge in [0, 0.05) is 10.9 Å². The van der Waals surface area contributed by atoms with Crippen molar-refractivity contribution in [3.05, 3.63) is 65.7 Å². The molecule has 1 unspecified atom stereocenters. The Balaban J connectivity index is 1.63. The molecule has 0 heterocycles. The van der Waals surface area contributed by atoms with Gasteiger partial charge in [-0.2, -0.15) is 0 Å². The Hall–Kier alpha value is -2.27. The van der Waals surface area contributed by atoms with E-state index >= 15 is 0 Å². The van der Waals surface area contributed by atoms with Gasteiger partial charge in [-0.1, -0.05) is 48.5 Å². The van der Waals surface area contributed by atoms with E-state index in [2.05, 4.69) is 17.4 Å². The van der Waals surface area contributed by atoms with E-state index in [9.17, 15) is 9.59 Å². The van der Waals surface area contributed by atoms with Gasteiger partial charge in [-0.3, -0.25) is 9.59 Å². The van der Waals surface area contributed by atoms with Crippen LogP contribution in [-0.2, 0) is 20.7 Å². The number of amides is 1. The maximum absolute atomic E-state index is 11.9. The summed E-state index contributed by atoms with van der Waals surface area (Å²) in [6, 6.07) is 18.0. The molecule has 2 aromatic carbocycles. The monoisotopic (exact) mass is 371 g/mol. The van der Waals surface area contributed by atoms with E-state index in [1.54, 1.807) is 0 Å². The highest BCUT2D eigenvalue weighted by molar-refractivity contribution is 8.00. The molecule has 138 valence electrons. The van der Waals surface area contributed by atoms with Crippen molar-refractivity contribution < 1.29 is 14.3 Å². The van der Waals surface area contributed by atoms with Crippen LogP contribution in [-0.4, -0.2) is 30.3 Å². The molecule has 2 rings (SSSR count). The first-order chi connectivity index (χ1) is 12.5. The third kappa shape index (κ3) is 7.31. The normalized spacial score (nSPS) is 11.6. The summed E-state index contributed by atoms with van der Waals surface area (Å²) >= 11 is 1.42. The van der Waals surface area contributed by atoms with E-state index in [1.807, 2.05) is 56.3 Å². The Bertz CT molecular complexity index is 718. The number of rotatable bonds is 9. The molecule has 0 saturated heterocycles. The molecule has 4 nitrogen and oxygen atoms in total. The average Bonchev–Trinajstić information content (AvgIpc) is 2.65. The number of nitrogens with one attached hydrogen (secondary N) is 1. The number of ether oxygens (including phenoxy) is 1. The van der Waals surface area contributed by atoms with Gasteiger partial charge in [0.05, 0.1) is 5.75 Å².